The first-order valence-corrected chi connectivity index (χ1v) is 7.46. The molecule has 1 aromatic carbocycles. The first-order chi connectivity index (χ1) is 10.9. The first kappa shape index (κ1) is 17.3. The summed E-state index contributed by atoms with van der Waals surface area (Å²) in [7, 11) is 3.21. The Morgan fingerprint density at radius 3 is 2.74 bits per heavy atom. The monoisotopic (exact) mass is 355 g/mol. The van der Waals surface area contributed by atoms with Gasteiger partial charge in [-0.3, -0.25) is 9.59 Å². The van der Waals surface area contributed by atoms with E-state index in [1.807, 2.05) is 24.3 Å². The number of hydrogen-bond acceptors (Lipinski definition) is 4. The van der Waals surface area contributed by atoms with Crippen LogP contribution in [-0.4, -0.2) is 34.7 Å². The third-order valence-electron chi connectivity index (χ3n) is 3.25. The molecule has 0 fully saturated rings. The van der Waals surface area contributed by atoms with Crippen LogP contribution in [-0.2, 0) is 17.9 Å². The zero-order chi connectivity index (χ0) is 17.0. The Labute approximate surface area is 143 Å². The smallest absolute Gasteiger partial charge is 0.287 e. The fraction of sp³-hybridized carbons (Fsp3) is 0.267. The highest BCUT2D eigenvalue weighted by Crippen LogP contribution is 2.19. The number of aromatic nitrogens is 2. The van der Waals surface area contributed by atoms with Crippen molar-refractivity contribution in [3.8, 4) is 5.75 Å². The van der Waals surface area contributed by atoms with Crippen LogP contribution in [0.2, 0.25) is 10.0 Å². The zero-order valence-electron chi connectivity index (χ0n) is 12.6. The number of carbonyl (C=O) groups is 1. The van der Waals surface area contributed by atoms with Crippen molar-refractivity contribution in [3.63, 3.8) is 0 Å². The standard InChI is InChI=1S/C15H15Cl2N3O3/c1-19(8-10-5-3-4-6-12(10)23-2)13(21)9-20-15(22)14(17)11(16)7-18-20/h3-7H,8-9H2,1-2H3. The van der Waals surface area contributed by atoms with Gasteiger partial charge in [0.25, 0.3) is 5.56 Å². The van der Waals surface area contributed by atoms with Gasteiger partial charge in [0.2, 0.25) is 5.91 Å². The summed E-state index contributed by atoms with van der Waals surface area (Å²) in [4.78, 5) is 25.7. The Morgan fingerprint density at radius 1 is 1.35 bits per heavy atom. The molecule has 0 aliphatic heterocycles. The summed E-state index contributed by atoms with van der Waals surface area (Å²) >= 11 is 11.5. The van der Waals surface area contributed by atoms with Crippen molar-refractivity contribution < 1.29 is 9.53 Å². The van der Waals surface area contributed by atoms with E-state index in [-0.39, 0.29) is 22.5 Å². The summed E-state index contributed by atoms with van der Waals surface area (Å²) < 4.78 is 6.24. The molecule has 0 bridgehead atoms. The molecule has 0 N–H and O–H groups in total. The Kier molecular flexibility index (Phi) is 5.63. The number of likely N-dealkylation sites (N-methyl/N-ethyl adjacent to an activating group) is 1. The highest BCUT2D eigenvalue weighted by atomic mass is 35.5. The lowest BCUT2D eigenvalue weighted by Gasteiger charge is -2.19. The maximum Gasteiger partial charge on any atom is 0.287 e. The summed E-state index contributed by atoms with van der Waals surface area (Å²) in [5.74, 6) is 0.404. The average Bonchev–Trinajstić information content (AvgIpc) is 2.55. The highest BCUT2D eigenvalue weighted by molar-refractivity contribution is 6.41. The Morgan fingerprint density at radius 2 is 2.04 bits per heavy atom. The van der Waals surface area contributed by atoms with Crippen molar-refractivity contribution in [3.05, 3.63) is 56.4 Å². The van der Waals surface area contributed by atoms with Crippen molar-refractivity contribution in [2.75, 3.05) is 14.2 Å². The van der Waals surface area contributed by atoms with Crippen LogP contribution in [0.1, 0.15) is 5.56 Å². The number of halogens is 2. The number of rotatable bonds is 5. The summed E-state index contributed by atoms with van der Waals surface area (Å²) in [6, 6.07) is 7.40. The summed E-state index contributed by atoms with van der Waals surface area (Å²) in [5, 5.41) is 3.72. The predicted molar refractivity (Wildman–Crippen MR) is 88.0 cm³/mol. The van der Waals surface area contributed by atoms with Crippen LogP contribution in [0.15, 0.2) is 35.3 Å². The molecule has 1 amide bonds. The van der Waals surface area contributed by atoms with Gasteiger partial charge in [0, 0.05) is 19.2 Å². The van der Waals surface area contributed by atoms with Gasteiger partial charge in [-0.25, -0.2) is 4.68 Å². The summed E-state index contributed by atoms with van der Waals surface area (Å²) in [6.45, 7) is 0.125. The van der Waals surface area contributed by atoms with E-state index in [1.54, 1.807) is 14.2 Å². The third-order valence-corrected chi connectivity index (χ3v) is 4.00. The van der Waals surface area contributed by atoms with Crippen LogP contribution in [0.25, 0.3) is 0 Å². The lowest BCUT2D eigenvalue weighted by Crippen LogP contribution is -2.35. The van der Waals surface area contributed by atoms with Crippen LogP contribution in [0.3, 0.4) is 0 Å². The predicted octanol–water partition coefficient (Wildman–Crippen LogP) is 2.22. The molecule has 0 radical (unpaired) electrons. The molecule has 2 rings (SSSR count). The van der Waals surface area contributed by atoms with Crippen molar-refractivity contribution in [2.45, 2.75) is 13.1 Å². The van der Waals surface area contributed by atoms with Crippen molar-refractivity contribution in [2.24, 2.45) is 0 Å². The van der Waals surface area contributed by atoms with Crippen molar-refractivity contribution in [1.29, 1.82) is 0 Å². The van der Waals surface area contributed by atoms with Gasteiger partial charge in [0.1, 0.15) is 17.3 Å². The van der Waals surface area contributed by atoms with E-state index >= 15 is 0 Å². The minimum absolute atomic E-state index is 0.0581. The Hall–Kier alpha value is -2.05. The largest absolute Gasteiger partial charge is 0.496 e. The lowest BCUT2D eigenvalue weighted by molar-refractivity contribution is -0.131. The SMILES string of the molecule is COc1ccccc1CN(C)C(=O)Cn1ncc(Cl)c(Cl)c1=O. The van der Waals surface area contributed by atoms with Crippen molar-refractivity contribution >= 4 is 29.1 Å². The number of methoxy groups -OCH3 is 1. The zero-order valence-corrected chi connectivity index (χ0v) is 14.1. The molecular formula is C15H15Cl2N3O3. The molecule has 0 saturated heterocycles. The highest BCUT2D eigenvalue weighted by Gasteiger charge is 2.15. The molecule has 122 valence electrons. The first-order valence-electron chi connectivity index (χ1n) is 6.71. The van der Waals surface area contributed by atoms with Crippen LogP contribution < -0.4 is 10.3 Å². The van der Waals surface area contributed by atoms with Gasteiger partial charge in [-0.2, -0.15) is 5.10 Å². The van der Waals surface area contributed by atoms with Gasteiger partial charge in [0.15, 0.2) is 0 Å². The lowest BCUT2D eigenvalue weighted by atomic mass is 10.2. The number of ether oxygens (including phenoxy) is 1. The average molecular weight is 356 g/mol. The van der Waals surface area contributed by atoms with Crippen LogP contribution in [0.4, 0.5) is 0 Å². The van der Waals surface area contributed by atoms with E-state index in [0.717, 1.165) is 10.2 Å². The van der Waals surface area contributed by atoms with Gasteiger partial charge in [-0.1, -0.05) is 41.4 Å². The summed E-state index contributed by atoms with van der Waals surface area (Å²) in [6.07, 6.45) is 1.23. The molecule has 23 heavy (non-hydrogen) atoms. The van der Waals surface area contributed by atoms with Crippen LogP contribution >= 0.6 is 23.2 Å². The molecule has 8 heteroatoms. The van der Waals surface area contributed by atoms with E-state index in [1.165, 1.54) is 11.1 Å². The second-order valence-corrected chi connectivity index (χ2v) is 5.62. The number of nitrogens with zero attached hydrogens (tertiary/aromatic N) is 3. The fourth-order valence-electron chi connectivity index (χ4n) is 1.98. The number of amides is 1. The van der Waals surface area contributed by atoms with Gasteiger partial charge < -0.3 is 9.64 Å². The number of para-hydroxylation sites is 1. The molecule has 0 unspecified atom stereocenters. The third kappa shape index (κ3) is 4.03. The summed E-state index contributed by atoms with van der Waals surface area (Å²) in [5.41, 5.74) is 0.263. The second-order valence-electron chi connectivity index (χ2n) is 4.83. The second kappa shape index (κ2) is 7.48. The molecule has 0 aliphatic rings. The molecule has 0 atom stereocenters. The maximum atomic E-state index is 12.3. The minimum atomic E-state index is -0.599. The molecule has 0 aliphatic carbocycles. The molecule has 0 spiro atoms. The maximum absolute atomic E-state index is 12.3. The Bertz CT molecular complexity index is 777. The molecule has 1 heterocycles. The van der Waals surface area contributed by atoms with Gasteiger partial charge in [-0.15, -0.1) is 0 Å². The minimum Gasteiger partial charge on any atom is -0.496 e. The molecule has 6 nitrogen and oxygen atoms in total. The molecule has 0 saturated carbocycles. The van der Waals surface area contributed by atoms with E-state index in [0.29, 0.717) is 12.3 Å². The fourth-order valence-corrected chi connectivity index (χ4v) is 2.25. The van der Waals surface area contributed by atoms with E-state index < -0.39 is 5.56 Å². The van der Waals surface area contributed by atoms with Crippen LogP contribution in [0, 0.1) is 0 Å². The molecule has 2 aromatic rings. The van der Waals surface area contributed by atoms with Gasteiger partial charge in [-0.05, 0) is 6.07 Å². The van der Waals surface area contributed by atoms with Gasteiger partial charge in [0.05, 0.1) is 18.3 Å². The number of hydrogen-bond donors (Lipinski definition) is 0. The van der Waals surface area contributed by atoms with E-state index in [4.69, 9.17) is 27.9 Å². The number of benzene rings is 1. The van der Waals surface area contributed by atoms with E-state index in [9.17, 15) is 9.59 Å². The van der Waals surface area contributed by atoms with E-state index in [2.05, 4.69) is 5.10 Å². The Balaban J connectivity index is 2.12. The topological polar surface area (TPSA) is 64.4 Å². The van der Waals surface area contributed by atoms with Crippen LogP contribution in [0.5, 0.6) is 5.75 Å². The number of carbonyl (C=O) groups excluding carboxylic acids is 1. The molecular weight excluding hydrogens is 341 g/mol. The quantitative estimate of drug-likeness (QED) is 0.824. The normalized spacial score (nSPS) is 10.4. The van der Waals surface area contributed by atoms with Crippen molar-refractivity contribution in [1.82, 2.24) is 14.7 Å². The van der Waals surface area contributed by atoms with Gasteiger partial charge >= 0.3 is 0 Å². The molecule has 1 aromatic heterocycles.